The number of hydrogen-bond acceptors (Lipinski definition) is 8. The lowest BCUT2D eigenvalue weighted by molar-refractivity contribution is -0.145. The van der Waals surface area contributed by atoms with Gasteiger partial charge in [-0.2, -0.15) is 0 Å². The van der Waals surface area contributed by atoms with E-state index in [2.05, 4.69) is 6.92 Å². The van der Waals surface area contributed by atoms with Gasteiger partial charge in [0.2, 0.25) is 0 Å². The third-order valence-corrected chi connectivity index (χ3v) is 5.20. The quantitative estimate of drug-likeness (QED) is 0.122. The van der Waals surface area contributed by atoms with Gasteiger partial charge in [0.25, 0.3) is 0 Å². The number of esters is 1. The number of hydrogen-bond donors (Lipinski definition) is 0. The molecule has 0 fully saturated rings. The molecular weight excluding hydrogens is 464 g/mol. The van der Waals surface area contributed by atoms with E-state index in [1.165, 1.54) is 32.1 Å². The standard InChI is InChI=1S/C28H48O8/c1-2-3-4-5-6-7-11-14-28(29)36-26-24-34-22-20-32-18-16-30-15-17-31-19-21-33-23-25-35-27-12-9-8-10-13-27/h8-10,12-13H,2-7,11,14-26H2,1H3. The Kier molecular flexibility index (Phi) is 23.7. The van der Waals surface area contributed by atoms with E-state index < -0.39 is 0 Å². The van der Waals surface area contributed by atoms with E-state index in [9.17, 15) is 4.79 Å². The summed E-state index contributed by atoms with van der Waals surface area (Å²) in [5.74, 6) is 0.711. The van der Waals surface area contributed by atoms with Crippen LogP contribution in [0.4, 0.5) is 0 Å². The molecule has 1 aromatic carbocycles. The Balaban J connectivity index is 1.68. The molecule has 0 spiro atoms. The normalized spacial score (nSPS) is 11.0. The molecule has 1 aromatic rings. The number of carbonyl (C=O) groups is 1. The molecule has 0 amide bonds. The molecule has 0 aliphatic rings. The molecule has 208 valence electrons. The van der Waals surface area contributed by atoms with Crippen molar-refractivity contribution in [2.24, 2.45) is 0 Å². The van der Waals surface area contributed by atoms with Crippen LogP contribution in [0, 0.1) is 0 Å². The van der Waals surface area contributed by atoms with E-state index >= 15 is 0 Å². The Morgan fingerprint density at radius 3 is 1.53 bits per heavy atom. The molecule has 0 radical (unpaired) electrons. The third-order valence-electron chi connectivity index (χ3n) is 5.20. The topological polar surface area (TPSA) is 81.7 Å². The molecule has 0 N–H and O–H groups in total. The van der Waals surface area contributed by atoms with Gasteiger partial charge in [0.1, 0.15) is 19.0 Å². The molecule has 0 heterocycles. The van der Waals surface area contributed by atoms with Crippen LogP contribution >= 0.6 is 0 Å². The van der Waals surface area contributed by atoms with Gasteiger partial charge in [-0.3, -0.25) is 4.79 Å². The molecule has 1 rings (SSSR count). The van der Waals surface area contributed by atoms with Crippen molar-refractivity contribution in [3.63, 3.8) is 0 Å². The highest BCUT2D eigenvalue weighted by atomic mass is 16.6. The van der Waals surface area contributed by atoms with Crippen molar-refractivity contribution in [2.75, 3.05) is 79.3 Å². The molecule has 0 aromatic heterocycles. The summed E-state index contributed by atoms with van der Waals surface area (Å²) in [6.07, 6.45) is 8.85. The Morgan fingerprint density at radius 2 is 1.00 bits per heavy atom. The van der Waals surface area contributed by atoms with Crippen molar-refractivity contribution in [2.45, 2.75) is 58.3 Å². The predicted molar refractivity (Wildman–Crippen MR) is 140 cm³/mol. The van der Waals surface area contributed by atoms with Gasteiger partial charge in [-0.05, 0) is 18.6 Å². The maximum Gasteiger partial charge on any atom is 0.305 e. The van der Waals surface area contributed by atoms with E-state index in [1.807, 2.05) is 30.3 Å². The number of carbonyl (C=O) groups excluding carboxylic acids is 1. The fourth-order valence-corrected chi connectivity index (χ4v) is 3.23. The van der Waals surface area contributed by atoms with Crippen molar-refractivity contribution in [3.05, 3.63) is 30.3 Å². The zero-order valence-corrected chi connectivity index (χ0v) is 22.3. The molecule has 0 bridgehead atoms. The average Bonchev–Trinajstić information content (AvgIpc) is 2.90. The van der Waals surface area contributed by atoms with E-state index in [-0.39, 0.29) is 5.97 Å². The second kappa shape index (κ2) is 26.4. The van der Waals surface area contributed by atoms with E-state index in [0.717, 1.165) is 18.6 Å². The van der Waals surface area contributed by atoms with Gasteiger partial charge in [0.05, 0.1) is 66.1 Å². The number of rotatable bonds is 27. The Morgan fingerprint density at radius 1 is 0.556 bits per heavy atom. The first-order chi connectivity index (χ1) is 17.8. The van der Waals surface area contributed by atoms with Gasteiger partial charge < -0.3 is 33.2 Å². The molecule has 0 atom stereocenters. The van der Waals surface area contributed by atoms with Crippen LogP contribution in [0.25, 0.3) is 0 Å². The lowest BCUT2D eigenvalue weighted by Gasteiger charge is -2.09. The molecule has 36 heavy (non-hydrogen) atoms. The first-order valence-corrected chi connectivity index (χ1v) is 13.5. The van der Waals surface area contributed by atoms with Crippen LogP contribution < -0.4 is 4.74 Å². The van der Waals surface area contributed by atoms with Crippen LogP contribution in [-0.4, -0.2) is 85.3 Å². The third kappa shape index (κ3) is 22.7. The van der Waals surface area contributed by atoms with Crippen molar-refractivity contribution in [3.8, 4) is 5.75 Å². The second-order valence-electron chi connectivity index (χ2n) is 8.32. The highest BCUT2D eigenvalue weighted by Crippen LogP contribution is 2.09. The minimum atomic E-state index is -0.134. The number of para-hydroxylation sites is 1. The number of benzene rings is 1. The minimum Gasteiger partial charge on any atom is -0.491 e. The molecule has 0 unspecified atom stereocenters. The number of ether oxygens (including phenoxy) is 7. The van der Waals surface area contributed by atoms with E-state index in [1.54, 1.807) is 0 Å². The average molecular weight is 513 g/mol. The zero-order chi connectivity index (χ0) is 25.8. The summed E-state index contributed by atoms with van der Waals surface area (Å²) in [5, 5.41) is 0. The van der Waals surface area contributed by atoms with Crippen LogP contribution in [-0.2, 0) is 33.2 Å². The highest BCUT2D eigenvalue weighted by Gasteiger charge is 2.02. The molecule has 0 saturated carbocycles. The summed E-state index contributed by atoms with van der Waals surface area (Å²) in [7, 11) is 0. The smallest absolute Gasteiger partial charge is 0.305 e. The van der Waals surface area contributed by atoms with Crippen molar-refractivity contribution in [1.82, 2.24) is 0 Å². The summed E-state index contributed by atoms with van der Waals surface area (Å²) in [6, 6.07) is 9.67. The van der Waals surface area contributed by atoms with Crippen LogP contribution in [0.15, 0.2) is 30.3 Å². The van der Waals surface area contributed by atoms with Gasteiger partial charge in [-0.15, -0.1) is 0 Å². The SMILES string of the molecule is CCCCCCCCCC(=O)OCCOCCOCCOCCOCCOCCOc1ccccc1. The van der Waals surface area contributed by atoms with Crippen LogP contribution in [0.3, 0.4) is 0 Å². The molecule has 0 aliphatic carbocycles. The van der Waals surface area contributed by atoms with Gasteiger partial charge in [-0.25, -0.2) is 0 Å². The summed E-state index contributed by atoms with van der Waals surface area (Å²) < 4.78 is 37.9. The van der Waals surface area contributed by atoms with Crippen LogP contribution in [0.5, 0.6) is 5.75 Å². The first-order valence-electron chi connectivity index (χ1n) is 13.5. The predicted octanol–water partition coefficient (Wildman–Crippen LogP) is 4.83. The summed E-state index contributed by atoms with van der Waals surface area (Å²) in [4.78, 5) is 11.7. The maximum absolute atomic E-state index is 11.7. The number of unbranched alkanes of at least 4 members (excludes halogenated alkanes) is 6. The Bertz CT molecular complexity index is 584. The highest BCUT2D eigenvalue weighted by molar-refractivity contribution is 5.69. The summed E-state index contributed by atoms with van der Waals surface area (Å²) in [6.45, 7) is 8.00. The van der Waals surface area contributed by atoms with Gasteiger partial charge >= 0.3 is 5.97 Å². The van der Waals surface area contributed by atoms with Crippen LogP contribution in [0.1, 0.15) is 58.3 Å². The van der Waals surface area contributed by atoms with Gasteiger partial charge in [0.15, 0.2) is 0 Å². The monoisotopic (exact) mass is 512 g/mol. The van der Waals surface area contributed by atoms with Crippen LogP contribution in [0.2, 0.25) is 0 Å². The van der Waals surface area contributed by atoms with E-state index in [0.29, 0.717) is 85.7 Å². The van der Waals surface area contributed by atoms with E-state index in [4.69, 9.17) is 33.2 Å². The van der Waals surface area contributed by atoms with Crippen molar-refractivity contribution >= 4 is 5.97 Å². The lowest BCUT2D eigenvalue weighted by Crippen LogP contribution is -2.15. The Labute approximate surface area is 217 Å². The van der Waals surface area contributed by atoms with Gasteiger partial charge in [0, 0.05) is 6.42 Å². The van der Waals surface area contributed by atoms with Gasteiger partial charge in [-0.1, -0.05) is 63.6 Å². The lowest BCUT2D eigenvalue weighted by atomic mass is 10.1. The van der Waals surface area contributed by atoms with Crippen molar-refractivity contribution in [1.29, 1.82) is 0 Å². The molecule has 8 heteroatoms. The zero-order valence-electron chi connectivity index (χ0n) is 22.3. The Hall–Kier alpha value is -1.71. The summed E-state index contributed by atoms with van der Waals surface area (Å²) in [5.41, 5.74) is 0. The first kappa shape index (κ1) is 32.3. The fraction of sp³-hybridized carbons (Fsp3) is 0.750. The summed E-state index contributed by atoms with van der Waals surface area (Å²) >= 11 is 0. The largest absolute Gasteiger partial charge is 0.491 e. The van der Waals surface area contributed by atoms with Crippen molar-refractivity contribution < 1.29 is 38.0 Å². The molecule has 8 nitrogen and oxygen atoms in total. The molecular formula is C28H48O8. The maximum atomic E-state index is 11.7. The molecule has 0 saturated heterocycles. The fourth-order valence-electron chi connectivity index (χ4n) is 3.23. The minimum absolute atomic E-state index is 0.134. The molecule has 0 aliphatic heterocycles. The second-order valence-corrected chi connectivity index (χ2v) is 8.32.